The first kappa shape index (κ1) is 17.2. The number of anilines is 1. The van der Waals surface area contributed by atoms with Gasteiger partial charge in [0, 0.05) is 12.6 Å². The van der Waals surface area contributed by atoms with Crippen LogP contribution < -0.4 is 10.6 Å². The fraction of sp³-hybridized carbons (Fsp3) is 0.300. The zero-order valence-electron chi connectivity index (χ0n) is 14.4. The Kier molecular flexibility index (Phi) is 5.46. The second-order valence-corrected chi connectivity index (χ2v) is 6.50. The molecule has 0 aromatic heterocycles. The zero-order chi connectivity index (χ0) is 17.6. The van der Waals surface area contributed by atoms with Gasteiger partial charge in [-0.1, -0.05) is 42.5 Å². The van der Waals surface area contributed by atoms with Crippen molar-refractivity contribution in [2.75, 3.05) is 18.9 Å². The predicted molar refractivity (Wildman–Crippen MR) is 98.3 cm³/mol. The molecule has 130 valence electrons. The van der Waals surface area contributed by atoms with Crippen molar-refractivity contribution in [3.63, 3.8) is 0 Å². The van der Waals surface area contributed by atoms with Gasteiger partial charge in [0.15, 0.2) is 0 Å². The summed E-state index contributed by atoms with van der Waals surface area (Å²) in [6.45, 7) is 0.950. The summed E-state index contributed by atoms with van der Waals surface area (Å²) in [5.41, 5.74) is 2.22. The lowest BCUT2D eigenvalue weighted by Gasteiger charge is -2.17. The highest BCUT2D eigenvalue weighted by Crippen LogP contribution is 2.21. The molecule has 0 radical (unpaired) electrons. The second kappa shape index (κ2) is 7.94. The second-order valence-electron chi connectivity index (χ2n) is 6.50. The van der Waals surface area contributed by atoms with E-state index in [-0.39, 0.29) is 24.4 Å². The number of rotatable bonds is 7. The van der Waals surface area contributed by atoms with Gasteiger partial charge in [-0.25, -0.2) is 0 Å². The van der Waals surface area contributed by atoms with E-state index < -0.39 is 0 Å². The van der Waals surface area contributed by atoms with E-state index in [0.717, 1.165) is 18.4 Å². The maximum atomic E-state index is 12.3. The van der Waals surface area contributed by atoms with Gasteiger partial charge >= 0.3 is 0 Å². The van der Waals surface area contributed by atoms with Crippen molar-refractivity contribution in [2.24, 2.45) is 0 Å². The minimum absolute atomic E-state index is 0.129. The van der Waals surface area contributed by atoms with Gasteiger partial charge < -0.3 is 10.6 Å². The van der Waals surface area contributed by atoms with Crippen LogP contribution >= 0.6 is 0 Å². The van der Waals surface area contributed by atoms with E-state index in [9.17, 15) is 9.59 Å². The highest BCUT2D eigenvalue weighted by Gasteiger charge is 2.25. The SMILES string of the molecule is CN(CC(=O)Nc1ccccc1C(=O)NC1CC1)Cc1ccccc1. The van der Waals surface area contributed by atoms with Gasteiger partial charge in [-0.05, 0) is 37.6 Å². The lowest BCUT2D eigenvalue weighted by molar-refractivity contribution is -0.117. The Morgan fingerprint density at radius 3 is 2.44 bits per heavy atom. The minimum atomic E-state index is -0.134. The third kappa shape index (κ3) is 5.16. The molecule has 1 aliphatic rings. The molecular formula is C20H23N3O2. The Hall–Kier alpha value is -2.66. The predicted octanol–water partition coefficient (Wildman–Crippen LogP) is 2.65. The van der Waals surface area contributed by atoms with Gasteiger partial charge in [-0.15, -0.1) is 0 Å². The minimum Gasteiger partial charge on any atom is -0.349 e. The van der Waals surface area contributed by atoms with Crippen LogP contribution in [0.2, 0.25) is 0 Å². The Morgan fingerprint density at radius 2 is 1.72 bits per heavy atom. The number of likely N-dealkylation sites (N-methyl/N-ethyl adjacent to an activating group) is 1. The van der Waals surface area contributed by atoms with Crippen molar-refractivity contribution in [3.05, 3.63) is 65.7 Å². The normalized spacial score (nSPS) is 13.5. The fourth-order valence-corrected chi connectivity index (χ4v) is 2.67. The van der Waals surface area contributed by atoms with E-state index in [0.29, 0.717) is 17.8 Å². The molecule has 3 rings (SSSR count). The topological polar surface area (TPSA) is 61.4 Å². The van der Waals surface area contributed by atoms with Crippen LogP contribution in [0.3, 0.4) is 0 Å². The molecule has 2 amide bonds. The summed E-state index contributed by atoms with van der Waals surface area (Å²) < 4.78 is 0. The maximum Gasteiger partial charge on any atom is 0.253 e. The van der Waals surface area contributed by atoms with Gasteiger partial charge in [0.05, 0.1) is 17.8 Å². The molecular weight excluding hydrogens is 314 g/mol. The quantitative estimate of drug-likeness (QED) is 0.816. The fourth-order valence-electron chi connectivity index (χ4n) is 2.67. The van der Waals surface area contributed by atoms with Crippen molar-refractivity contribution in [3.8, 4) is 0 Å². The Bertz CT molecular complexity index is 742. The molecule has 0 heterocycles. The lowest BCUT2D eigenvalue weighted by Crippen LogP contribution is -2.31. The number of amides is 2. The molecule has 5 nitrogen and oxygen atoms in total. The number of nitrogens with zero attached hydrogens (tertiary/aromatic N) is 1. The molecule has 0 atom stereocenters. The monoisotopic (exact) mass is 337 g/mol. The van der Waals surface area contributed by atoms with E-state index in [1.54, 1.807) is 18.2 Å². The molecule has 5 heteroatoms. The third-order valence-electron chi connectivity index (χ3n) is 4.07. The number of nitrogens with one attached hydrogen (secondary N) is 2. The van der Waals surface area contributed by atoms with E-state index in [2.05, 4.69) is 10.6 Å². The Balaban J connectivity index is 1.58. The number of hydrogen-bond donors (Lipinski definition) is 2. The zero-order valence-corrected chi connectivity index (χ0v) is 14.4. The number of carbonyl (C=O) groups is 2. The molecule has 0 aliphatic heterocycles. The van der Waals surface area contributed by atoms with Crippen LogP contribution in [0.1, 0.15) is 28.8 Å². The van der Waals surface area contributed by atoms with Crippen LogP contribution in [0.25, 0.3) is 0 Å². The summed E-state index contributed by atoms with van der Waals surface area (Å²) in [7, 11) is 1.90. The first-order valence-electron chi connectivity index (χ1n) is 8.54. The van der Waals surface area contributed by atoms with Crippen molar-refractivity contribution >= 4 is 17.5 Å². The average molecular weight is 337 g/mol. The van der Waals surface area contributed by atoms with Crippen LogP contribution in [-0.2, 0) is 11.3 Å². The molecule has 1 saturated carbocycles. The molecule has 2 N–H and O–H groups in total. The highest BCUT2D eigenvalue weighted by atomic mass is 16.2. The number of carbonyl (C=O) groups excluding carboxylic acids is 2. The number of para-hydroxylation sites is 1. The van der Waals surface area contributed by atoms with Gasteiger partial charge in [0.2, 0.25) is 5.91 Å². The molecule has 0 spiro atoms. The van der Waals surface area contributed by atoms with Gasteiger partial charge in [-0.2, -0.15) is 0 Å². The first-order chi connectivity index (χ1) is 12.1. The van der Waals surface area contributed by atoms with E-state index >= 15 is 0 Å². The van der Waals surface area contributed by atoms with E-state index in [1.165, 1.54) is 0 Å². The van der Waals surface area contributed by atoms with Crippen LogP contribution in [0, 0.1) is 0 Å². The van der Waals surface area contributed by atoms with Crippen molar-refractivity contribution < 1.29 is 9.59 Å². The summed E-state index contributed by atoms with van der Waals surface area (Å²) in [6, 6.07) is 17.4. The van der Waals surface area contributed by atoms with Crippen LogP contribution in [0.5, 0.6) is 0 Å². The van der Waals surface area contributed by atoms with Crippen LogP contribution in [0.4, 0.5) is 5.69 Å². The smallest absolute Gasteiger partial charge is 0.253 e. The Labute approximate surface area is 148 Å². The highest BCUT2D eigenvalue weighted by molar-refractivity contribution is 6.04. The summed E-state index contributed by atoms with van der Waals surface area (Å²) in [4.78, 5) is 26.6. The molecule has 2 aromatic carbocycles. The number of benzene rings is 2. The standard InChI is InChI=1S/C20H23N3O2/c1-23(13-15-7-3-2-4-8-15)14-19(24)22-18-10-6-5-9-17(18)20(25)21-16-11-12-16/h2-10,16H,11-14H2,1H3,(H,21,25)(H,22,24). The van der Waals surface area contributed by atoms with Crippen LogP contribution in [-0.4, -0.2) is 36.3 Å². The van der Waals surface area contributed by atoms with Crippen molar-refractivity contribution in [1.82, 2.24) is 10.2 Å². The molecule has 2 aromatic rings. The summed E-state index contributed by atoms with van der Waals surface area (Å²) in [6.07, 6.45) is 2.06. The van der Waals surface area contributed by atoms with Gasteiger partial charge in [0.1, 0.15) is 0 Å². The molecule has 1 fully saturated rings. The summed E-state index contributed by atoms with van der Waals surface area (Å²) in [5.74, 6) is -0.263. The first-order valence-corrected chi connectivity index (χ1v) is 8.54. The Morgan fingerprint density at radius 1 is 1.04 bits per heavy atom. The van der Waals surface area contributed by atoms with Crippen molar-refractivity contribution in [1.29, 1.82) is 0 Å². The van der Waals surface area contributed by atoms with Gasteiger partial charge in [0.25, 0.3) is 5.91 Å². The molecule has 0 bridgehead atoms. The molecule has 1 aliphatic carbocycles. The van der Waals surface area contributed by atoms with Crippen molar-refractivity contribution in [2.45, 2.75) is 25.4 Å². The van der Waals surface area contributed by atoms with E-state index in [1.807, 2.05) is 48.3 Å². The van der Waals surface area contributed by atoms with Crippen LogP contribution in [0.15, 0.2) is 54.6 Å². The average Bonchev–Trinajstić information content (AvgIpc) is 3.40. The summed E-state index contributed by atoms with van der Waals surface area (Å²) >= 11 is 0. The largest absolute Gasteiger partial charge is 0.349 e. The maximum absolute atomic E-state index is 12.3. The molecule has 0 unspecified atom stereocenters. The molecule has 25 heavy (non-hydrogen) atoms. The van der Waals surface area contributed by atoms with Gasteiger partial charge in [-0.3, -0.25) is 14.5 Å². The molecule has 0 saturated heterocycles. The van der Waals surface area contributed by atoms with E-state index in [4.69, 9.17) is 0 Å². The summed E-state index contributed by atoms with van der Waals surface area (Å²) in [5, 5.41) is 5.82. The number of hydrogen-bond acceptors (Lipinski definition) is 3. The lowest BCUT2D eigenvalue weighted by atomic mass is 10.1. The third-order valence-corrected chi connectivity index (χ3v) is 4.07.